The van der Waals surface area contributed by atoms with E-state index in [4.69, 9.17) is 10.5 Å². The minimum absolute atomic E-state index is 0.146. The summed E-state index contributed by atoms with van der Waals surface area (Å²) in [5, 5.41) is 11.1. The highest BCUT2D eigenvalue weighted by atomic mass is 32.2. The maximum atomic E-state index is 12.4. The van der Waals surface area contributed by atoms with Crippen molar-refractivity contribution in [1.29, 1.82) is 0 Å². The fourth-order valence-corrected chi connectivity index (χ4v) is 3.03. The van der Waals surface area contributed by atoms with E-state index in [0.717, 1.165) is 12.1 Å². The number of nitrogens with one attached hydrogen (secondary N) is 1. The fraction of sp³-hybridized carbons (Fsp3) is 0.0769. The van der Waals surface area contributed by atoms with Crippen molar-refractivity contribution in [2.45, 2.75) is 4.90 Å². The van der Waals surface area contributed by atoms with Gasteiger partial charge in [-0.3, -0.25) is 14.8 Å². The van der Waals surface area contributed by atoms with Gasteiger partial charge in [0.25, 0.3) is 15.7 Å². The second-order valence-electron chi connectivity index (χ2n) is 4.28. The average molecular weight is 323 g/mol. The summed E-state index contributed by atoms with van der Waals surface area (Å²) >= 11 is 0. The molecule has 22 heavy (non-hydrogen) atoms. The summed E-state index contributed by atoms with van der Waals surface area (Å²) < 4.78 is 31.8. The maximum Gasteiger partial charge on any atom is 0.293 e. The summed E-state index contributed by atoms with van der Waals surface area (Å²) in [6, 6.07) is 9.69. The lowest BCUT2D eigenvalue weighted by molar-refractivity contribution is -0.387. The zero-order valence-corrected chi connectivity index (χ0v) is 12.3. The van der Waals surface area contributed by atoms with Crippen molar-refractivity contribution in [1.82, 2.24) is 0 Å². The molecule has 0 aliphatic carbocycles. The van der Waals surface area contributed by atoms with Crippen molar-refractivity contribution >= 4 is 27.1 Å². The van der Waals surface area contributed by atoms with E-state index in [2.05, 4.69) is 4.72 Å². The lowest BCUT2D eigenvalue weighted by Gasteiger charge is -2.11. The Balaban J connectivity index is 2.50. The summed E-state index contributed by atoms with van der Waals surface area (Å²) in [5.74, 6) is 0.185. The van der Waals surface area contributed by atoms with Crippen LogP contribution in [-0.4, -0.2) is 20.5 Å². The lowest BCUT2D eigenvalue weighted by atomic mass is 10.3. The number of nitrogens with two attached hydrogens (primary N) is 1. The summed E-state index contributed by atoms with van der Waals surface area (Å²) in [6.45, 7) is 0. The third-order valence-electron chi connectivity index (χ3n) is 2.86. The SMILES string of the molecule is COc1ccc(S(=O)(=O)Nc2ccccc2N)c([N+](=O)[O-])c1. The standard InChI is InChI=1S/C13H13N3O5S/c1-21-9-6-7-13(12(8-9)16(17)18)22(19,20)15-11-5-3-2-4-10(11)14/h2-8,15H,14H2,1H3. The number of anilines is 2. The number of benzene rings is 2. The number of sulfonamides is 1. The minimum Gasteiger partial charge on any atom is -0.497 e. The van der Waals surface area contributed by atoms with Crippen molar-refractivity contribution in [3.8, 4) is 5.75 Å². The van der Waals surface area contributed by atoms with E-state index in [-0.39, 0.29) is 17.1 Å². The van der Waals surface area contributed by atoms with Gasteiger partial charge in [-0.05, 0) is 24.3 Å². The predicted molar refractivity (Wildman–Crippen MR) is 81.3 cm³/mol. The molecule has 0 saturated heterocycles. The Morgan fingerprint density at radius 2 is 1.91 bits per heavy atom. The first kappa shape index (κ1) is 15.6. The van der Waals surface area contributed by atoms with Crippen LogP contribution in [0, 0.1) is 10.1 Å². The Labute approximate surface area is 126 Å². The quantitative estimate of drug-likeness (QED) is 0.492. The van der Waals surface area contributed by atoms with Gasteiger partial charge in [-0.15, -0.1) is 0 Å². The first-order valence-electron chi connectivity index (χ1n) is 6.05. The van der Waals surface area contributed by atoms with Crippen LogP contribution in [0.25, 0.3) is 0 Å². The van der Waals surface area contributed by atoms with E-state index in [0.29, 0.717) is 0 Å². The molecule has 0 aliphatic rings. The summed E-state index contributed by atoms with van der Waals surface area (Å²) in [5.41, 5.74) is 5.44. The van der Waals surface area contributed by atoms with Crippen molar-refractivity contribution in [2.24, 2.45) is 0 Å². The molecule has 0 fully saturated rings. The van der Waals surface area contributed by atoms with Gasteiger partial charge in [0.05, 0.1) is 29.5 Å². The molecule has 0 radical (unpaired) electrons. The van der Waals surface area contributed by atoms with Crippen LogP contribution in [0.3, 0.4) is 0 Å². The molecule has 0 atom stereocenters. The molecule has 0 spiro atoms. The first-order valence-corrected chi connectivity index (χ1v) is 7.53. The van der Waals surface area contributed by atoms with Gasteiger partial charge in [-0.2, -0.15) is 0 Å². The molecule has 0 aromatic heterocycles. The Morgan fingerprint density at radius 1 is 1.23 bits per heavy atom. The Morgan fingerprint density at radius 3 is 2.50 bits per heavy atom. The molecule has 3 N–H and O–H groups in total. The largest absolute Gasteiger partial charge is 0.497 e. The van der Waals surface area contributed by atoms with Gasteiger partial charge >= 0.3 is 0 Å². The molecule has 0 heterocycles. The van der Waals surface area contributed by atoms with Gasteiger partial charge in [-0.1, -0.05) is 12.1 Å². The smallest absolute Gasteiger partial charge is 0.293 e. The van der Waals surface area contributed by atoms with Crippen LogP contribution in [0.1, 0.15) is 0 Å². The second kappa shape index (κ2) is 5.90. The molecule has 0 amide bonds. The van der Waals surface area contributed by atoms with E-state index in [1.165, 1.54) is 25.3 Å². The van der Waals surface area contributed by atoms with Gasteiger partial charge < -0.3 is 10.5 Å². The average Bonchev–Trinajstić information content (AvgIpc) is 2.48. The van der Waals surface area contributed by atoms with E-state index in [9.17, 15) is 18.5 Å². The third-order valence-corrected chi connectivity index (χ3v) is 4.27. The molecule has 0 aliphatic heterocycles. The molecule has 8 nitrogen and oxygen atoms in total. The zero-order valence-electron chi connectivity index (χ0n) is 11.5. The predicted octanol–water partition coefficient (Wildman–Crippen LogP) is 1.99. The van der Waals surface area contributed by atoms with E-state index < -0.39 is 25.5 Å². The highest BCUT2D eigenvalue weighted by molar-refractivity contribution is 7.92. The van der Waals surface area contributed by atoms with Crippen LogP contribution in [0.15, 0.2) is 47.4 Å². The molecule has 0 bridgehead atoms. The van der Waals surface area contributed by atoms with E-state index >= 15 is 0 Å². The zero-order chi connectivity index (χ0) is 16.3. The van der Waals surface area contributed by atoms with E-state index in [1.54, 1.807) is 12.1 Å². The Hall–Kier alpha value is -2.81. The number of nitrogen functional groups attached to an aromatic ring is 1. The number of para-hydroxylation sites is 2. The Bertz CT molecular complexity index is 820. The van der Waals surface area contributed by atoms with Crippen LogP contribution < -0.4 is 15.2 Å². The highest BCUT2D eigenvalue weighted by Crippen LogP contribution is 2.30. The molecule has 2 rings (SSSR count). The van der Waals surface area contributed by atoms with Gasteiger partial charge in [-0.25, -0.2) is 8.42 Å². The first-order chi connectivity index (χ1) is 10.3. The number of nitro benzene ring substituents is 1. The number of hydrogen-bond acceptors (Lipinski definition) is 6. The number of methoxy groups -OCH3 is 1. The highest BCUT2D eigenvalue weighted by Gasteiger charge is 2.27. The summed E-state index contributed by atoms with van der Waals surface area (Å²) in [6.07, 6.45) is 0. The van der Waals surface area contributed by atoms with Crippen molar-refractivity contribution in [3.05, 3.63) is 52.6 Å². The van der Waals surface area contributed by atoms with Gasteiger partial charge in [0.2, 0.25) is 0 Å². The number of rotatable bonds is 5. The lowest BCUT2D eigenvalue weighted by Crippen LogP contribution is -2.15. The molecule has 0 unspecified atom stereocenters. The molecule has 2 aromatic rings. The Kier molecular flexibility index (Phi) is 4.18. The van der Waals surface area contributed by atoms with Crippen LogP contribution >= 0.6 is 0 Å². The topological polar surface area (TPSA) is 125 Å². The van der Waals surface area contributed by atoms with Crippen LogP contribution in [0.4, 0.5) is 17.1 Å². The summed E-state index contributed by atoms with van der Waals surface area (Å²) in [7, 11) is -2.83. The molecule has 2 aromatic carbocycles. The monoisotopic (exact) mass is 323 g/mol. The van der Waals surface area contributed by atoms with Gasteiger partial charge in [0, 0.05) is 0 Å². The number of nitrogens with zero attached hydrogens (tertiary/aromatic N) is 1. The third kappa shape index (κ3) is 3.09. The van der Waals surface area contributed by atoms with Crippen molar-refractivity contribution in [3.63, 3.8) is 0 Å². The van der Waals surface area contributed by atoms with Crippen molar-refractivity contribution < 1.29 is 18.1 Å². The van der Waals surface area contributed by atoms with Gasteiger partial charge in [0.1, 0.15) is 5.75 Å². The molecule has 116 valence electrons. The van der Waals surface area contributed by atoms with Crippen LogP contribution in [-0.2, 0) is 10.0 Å². The number of nitro groups is 1. The fourth-order valence-electron chi connectivity index (χ4n) is 1.78. The minimum atomic E-state index is -4.16. The normalized spacial score (nSPS) is 11.0. The van der Waals surface area contributed by atoms with Gasteiger partial charge in [0.15, 0.2) is 4.90 Å². The summed E-state index contributed by atoms with van der Waals surface area (Å²) in [4.78, 5) is 9.83. The number of ether oxygens (including phenoxy) is 1. The number of hydrogen-bond donors (Lipinski definition) is 2. The maximum absolute atomic E-state index is 12.4. The molecular formula is C13H13N3O5S. The van der Waals surface area contributed by atoms with Crippen LogP contribution in [0.5, 0.6) is 5.75 Å². The molecule has 0 saturated carbocycles. The van der Waals surface area contributed by atoms with Crippen molar-refractivity contribution in [2.75, 3.05) is 17.6 Å². The van der Waals surface area contributed by atoms with Crippen LogP contribution in [0.2, 0.25) is 0 Å². The second-order valence-corrected chi connectivity index (χ2v) is 5.93. The molecule has 9 heteroatoms. The molecular weight excluding hydrogens is 310 g/mol. The van der Waals surface area contributed by atoms with E-state index in [1.807, 2.05) is 0 Å².